The van der Waals surface area contributed by atoms with Crippen LogP contribution in [0.4, 0.5) is 0 Å². The van der Waals surface area contributed by atoms with Gasteiger partial charge in [-0.2, -0.15) is 0 Å². The van der Waals surface area contributed by atoms with Crippen molar-refractivity contribution in [1.29, 1.82) is 0 Å². The molecular formula is C13H19Cl2N3. The van der Waals surface area contributed by atoms with E-state index in [4.69, 9.17) is 29.0 Å². The fourth-order valence-corrected chi connectivity index (χ4v) is 3.23. The van der Waals surface area contributed by atoms with Crippen molar-refractivity contribution in [3.05, 3.63) is 28.0 Å². The van der Waals surface area contributed by atoms with Crippen LogP contribution < -0.4 is 11.3 Å². The SMILES string of the molecule is NNC(c1ncc(Cl)cc1Cl)C1CCCCCC1. The first-order valence-electron chi connectivity index (χ1n) is 6.49. The summed E-state index contributed by atoms with van der Waals surface area (Å²) in [5, 5.41) is 1.15. The molecule has 2 rings (SSSR count). The van der Waals surface area contributed by atoms with E-state index < -0.39 is 0 Å². The Bertz CT molecular complexity index is 390. The molecule has 1 heterocycles. The van der Waals surface area contributed by atoms with Gasteiger partial charge >= 0.3 is 0 Å². The summed E-state index contributed by atoms with van der Waals surface area (Å²) in [7, 11) is 0. The monoisotopic (exact) mass is 287 g/mol. The minimum atomic E-state index is 0.0212. The molecule has 0 spiro atoms. The number of rotatable bonds is 3. The minimum Gasteiger partial charge on any atom is -0.271 e. The Morgan fingerprint density at radius 1 is 1.22 bits per heavy atom. The predicted molar refractivity (Wildman–Crippen MR) is 75.5 cm³/mol. The summed E-state index contributed by atoms with van der Waals surface area (Å²) >= 11 is 12.1. The fraction of sp³-hybridized carbons (Fsp3) is 0.615. The lowest BCUT2D eigenvalue weighted by Crippen LogP contribution is -2.34. The molecule has 0 saturated heterocycles. The predicted octanol–water partition coefficient (Wildman–Crippen LogP) is 3.86. The highest BCUT2D eigenvalue weighted by molar-refractivity contribution is 6.34. The summed E-state index contributed by atoms with van der Waals surface area (Å²) < 4.78 is 0. The number of hydrazine groups is 1. The van der Waals surface area contributed by atoms with Gasteiger partial charge in [-0.25, -0.2) is 0 Å². The highest BCUT2D eigenvalue weighted by atomic mass is 35.5. The Hall–Kier alpha value is -0.350. The van der Waals surface area contributed by atoms with E-state index in [1.807, 2.05) is 0 Å². The lowest BCUT2D eigenvalue weighted by Gasteiger charge is -2.25. The van der Waals surface area contributed by atoms with Crippen LogP contribution in [-0.2, 0) is 0 Å². The average molecular weight is 288 g/mol. The van der Waals surface area contributed by atoms with Crippen LogP contribution in [0.5, 0.6) is 0 Å². The zero-order valence-electron chi connectivity index (χ0n) is 10.3. The smallest absolute Gasteiger partial charge is 0.0776 e. The molecule has 1 aromatic heterocycles. The Morgan fingerprint density at radius 2 is 1.89 bits per heavy atom. The van der Waals surface area contributed by atoms with Crippen LogP contribution in [-0.4, -0.2) is 4.98 Å². The van der Waals surface area contributed by atoms with Crippen molar-refractivity contribution in [3.63, 3.8) is 0 Å². The van der Waals surface area contributed by atoms with Crippen LogP contribution in [0.25, 0.3) is 0 Å². The zero-order valence-corrected chi connectivity index (χ0v) is 11.8. The molecule has 1 fully saturated rings. The number of hydrogen-bond acceptors (Lipinski definition) is 3. The first kappa shape index (κ1) is 14.1. The van der Waals surface area contributed by atoms with Crippen LogP contribution in [0.1, 0.15) is 50.3 Å². The first-order chi connectivity index (χ1) is 8.72. The maximum atomic E-state index is 6.22. The van der Waals surface area contributed by atoms with E-state index in [-0.39, 0.29) is 6.04 Å². The Balaban J connectivity index is 2.20. The molecule has 0 aromatic carbocycles. The van der Waals surface area contributed by atoms with Gasteiger partial charge in [0.1, 0.15) is 0 Å². The number of halogens is 2. The lowest BCUT2D eigenvalue weighted by atomic mass is 9.90. The molecule has 1 atom stereocenters. The number of nitrogens with two attached hydrogens (primary N) is 1. The van der Waals surface area contributed by atoms with Crippen molar-refractivity contribution in [2.24, 2.45) is 11.8 Å². The molecule has 0 bridgehead atoms. The Morgan fingerprint density at radius 3 is 2.44 bits per heavy atom. The second-order valence-electron chi connectivity index (χ2n) is 4.92. The summed E-state index contributed by atoms with van der Waals surface area (Å²) in [5.41, 5.74) is 3.70. The largest absolute Gasteiger partial charge is 0.271 e. The molecule has 1 aliphatic rings. The van der Waals surface area contributed by atoms with Crippen LogP contribution in [0.2, 0.25) is 10.0 Å². The van der Waals surface area contributed by atoms with Crippen LogP contribution in [0, 0.1) is 5.92 Å². The Kier molecular flexibility index (Phi) is 5.25. The maximum Gasteiger partial charge on any atom is 0.0776 e. The second kappa shape index (κ2) is 6.71. The highest BCUT2D eigenvalue weighted by Crippen LogP contribution is 2.35. The van der Waals surface area contributed by atoms with Crippen molar-refractivity contribution >= 4 is 23.2 Å². The Labute approximate surface area is 118 Å². The molecule has 3 nitrogen and oxygen atoms in total. The summed E-state index contributed by atoms with van der Waals surface area (Å²) in [6, 6.07) is 1.75. The molecule has 0 aliphatic heterocycles. The molecule has 0 radical (unpaired) electrons. The number of pyridine rings is 1. The minimum absolute atomic E-state index is 0.0212. The third-order valence-corrected chi connectivity index (χ3v) is 4.19. The summed E-state index contributed by atoms with van der Waals surface area (Å²) in [6.07, 6.45) is 9.13. The van der Waals surface area contributed by atoms with Gasteiger partial charge in [-0.05, 0) is 24.8 Å². The number of aromatic nitrogens is 1. The van der Waals surface area contributed by atoms with E-state index in [1.165, 1.54) is 38.5 Å². The van der Waals surface area contributed by atoms with Gasteiger partial charge in [0, 0.05) is 6.20 Å². The average Bonchev–Trinajstić information content (AvgIpc) is 2.62. The van der Waals surface area contributed by atoms with Gasteiger partial charge < -0.3 is 0 Å². The van der Waals surface area contributed by atoms with Crippen molar-refractivity contribution < 1.29 is 0 Å². The molecule has 100 valence electrons. The fourth-order valence-electron chi connectivity index (χ4n) is 2.74. The topological polar surface area (TPSA) is 50.9 Å². The third kappa shape index (κ3) is 3.35. The first-order valence-corrected chi connectivity index (χ1v) is 7.25. The van der Waals surface area contributed by atoms with E-state index in [9.17, 15) is 0 Å². The molecule has 1 unspecified atom stereocenters. The van der Waals surface area contributed by atoms with Gasteiger partial charge in [0.2, 0.25) is 0 Å². The van der Waals surface area contributed by atoms with Gasteiger partial charge in [-0.1, -0.05) is 48.9 Å². The van der Waals surface area contributed by atoms with Crippen molar-refractivity contribution in [3.8, 4) is 0 Å². The number of hydrogen-bond donors (Lipinski definition) is 2. The summed E-state index contributed by atoms with van der Waals surface area (Å²) in [5.74, 6) is 6.22. The number of nitrogens with zero attached hydrogens (tertiary/aromatic N) is 1. The van der Waals surface area contributed by atoms with Crippen LogP contribution in [0.3, 0.4) is 0 Å². The van der Waals surface area contributed by atoms with Crippen molar-refractivity contribution in [1.82, 2.24) is 10.4 Å². The van der Waals surface area contributed by atoms with Crippen molar-refractivity contribution in [2.75, 3.05) is 0 Å². The van der Waals surface area contributed by atoms with E-state index >= 15 is 0 Å². The highest BCUT2D eigenvalue weighted by Gasteiger charge is 2.26. The van der Waals surface area contributed by atoms with Gasteiger partial charge in [-0.3, -0.25) is 16.3 Å². The van der Waals surface area contributed by atoms with E-state index in [1.54, 1.807) is 12.3 Å². The standard InChI is InChI=1S/C13H19Cl2N3/c14-10-7-11(15)13(17-8-10)12(18-16)9-5-3-1-2-4-6-9/h7-9,12,18H,1-6,16H2. The zero-order chi connectivity index (χ0) is 13.0. The molecule has 1 aliphatic carbocycles. The quantitative estimate of drug-likeness (QED) is 0.504. The van der Waals surface area contributed by atoms with Gasteiger partial charge in [0.25, 0.3) is 0 Å². The molecule has 0 amide bonds. The second-order valence-corrected chi connectivity index (χ2v) is 5.76. The van der Waals surface area contributed by atoms with E-state index in [0.29, 0.717) is 16.0 Å². The molecule has 18 heavy (non-hydrogen) atoms. The summed E-state index contributed by atoms with van der Waals surface area (Å²) in [4.78, 5) is 4.35. The lowest BCUT2D eigenvalue weighted by molar-refractivity contribution is 0.323. The normalized spacial score (nSPS) is 19.5. The third-order valence-electron chi connectivity index (χ3n) is 3.68. The van der Waals surface area contributed by atoms with Crippen LogP contribution in [0.15, 0.2) is 12.3 Å². The van der Waals surface area contributed by atoms with Gasteiger partial charge in [0.15, 0.2) is 0 Å². The molecule has 1 aromatic rings. The van der Waals surface area contributed by atoms with Crippen LogP contribution >= 0.6 is 23.2 Å². The molecular weight excluding hydrogens is 269 g/mol. The molecule has 1 saturated carbocycles. The van der Waals surface area contributed by atoms with E-state index in [2.05, 4.69) is 10.4 Å². The summed E-state index contributed by atoms with van der Waals surface area (Å²) in [6.45, 7) is 0. The van der Waals surface area contributed by atoms with Gasteiger partial charge in [0.05, 0.1) is 21.8 Å². The van der Waals surface area contributed by atoms with E-state index in [0.717, 1.165) is 5.69 Å². The van der Waals surface area contributed by atoms with Crippen molar-refractivity contribution in [2.45, 2.75) is 44.6 Å². The van der Waals surface area contributed by atoms with Gasteiger partial charge in [-0.15, -0.1) is 0 Å². The molecule has 3 N–H and O–H groups in total. The number of nitrogens with one attached hydrogen (secondary N) is 1. The molecule has 5 heteroatoms. The maximum absolute atomic E-state index is 6.22.